The molecule has 4 rings (SSSR count). The maximum absolute atomic E-state index is 10.6. The minimum absolute atomic E-state index is 0.115. The maximum atomic E-state index is 10.6. The molecular weight excluding hydrogens is 272 g/mol. The number of aliphatic hydroxyl groups excluding tert-OH is 1. The van der Waals surface area contributed by atoms with Crippen LogP contribution < -0.4 is 0 Å². The molecule has 1 saturated carbocycles. The van der Waals surface area contributed by atoms with Crippen molar-refractivity contribution in [2.24, 2.45) is 17.3 Å². The zero-order valence-electron chi connectivity index (χ0n) is 12.9. The van der Waals surface area contributed by atoms with Crippen molar-refractivity contribution in [2.75, 3.05) is 0 Å². The molecule has 2 heteroatoms. The molecule has 3 unspecified atom stereocenters. The number of fused-ring (bicyclic) bond motifs is 5. The second-order valence-corrected chi connectivity index (χ2v) is 7.40. The van der Waals surface area contributed by atoms with Gasteiger partial charge in [-0.05, 0) is 66.7 Å². The van der Waals surface area contributed by atoms with Crippen LogP contribution in [0, 0.1) is 29.6 Å². The van der Waals surface area contributed by atoms with Crippen molar-refractivity contribution in [3.63, 3.8) is 0 Å². The summed E-state index contributed by atoms with van der Waals surface area (Å²) in [5, 5.41) is 20.3. The van der Waals surface area contributed by atoms with E-state index in [1.165, 1.54) is 11.1 Å². The third-order valence-electron chi connectivity index (χ3n) is 6.50. The first-order valence-corrected chi connectivity index (χ1v) is 8.22. The van der Waals surface area contributed by atoms with Gasteiger partial charge in [0, 0.05) is 11.0 Å². The second kappa shape index (κ2) is 4.64. The van der Waals surface area contributed by atoms with Gasteiger partial charge < -0.3 is 10.2 Å². The molecule has 114 valence electrons. The Morgan fingerprint density at radius 1 is 1.32 bits per heavy atom. The van der Waals surface area contributed by atoms with Crippen molar-refractivity contribution in [3.05, 3.63) is 41.0 Å². The molecule has 3 aliphatic carbocycles. The van der Waals surface area contributed by atoms with Gasteiger partial charge in [0.25, 0.3) is 0 Å². The van der Waals surface area contributed by atoms with Crippen molar-refractivity contribution in [1.82, 2.24) is 0 Å². The summed E-state index contributed by atoms with van der Waals surface area (Å²) >= 11 is 0. The highest BCUT2D eigenvalue weighted by Gasteiger charge is 2.52. The molecule has 5 atom stereocenters. The number of aliphatic hydroxyl groups is 1. The van der Waals surface area contributed by atoms with Crippen LogP contribution in [0.2, 0.25) is 0 Å². The Labute approximate surface area is 131 Å². The number of terminal acetylenes is 1. The zero-order valence-corrected chi connectivity index (χ0v) is 12.9. The molecular formula is C20H22O2. The van der Waals surface area contributed by atoms with Crippen molar-refractivity contribution < 1.29 is 10.2 Å². The lowest BCUT2D eigenvalue weighted by molar-refractivity contribution is 0.0286. The minimum atomic E-state index is -0.472. The highest BCUT2D eigenvalue weighted by molar-refractivity contribution is 5.44. The van der Waals surface area contributed by atoms with Crippen LogP contribution in [-0.2, 0) is 0 Å². The van der Waals surface area contributed by atoms with E-state index in [0.717, 1.165) is 31.2 Å². The van der Waals surface area contributed by atoms with Gasteiger partial charge in [-0.15, -0.1) is 6.42 Å². The fourth-order valence-corrected chi connectivity index (χ4v) is 5.37. The molecule has 2 nitrogen and oxygen atoms in total. The summed E-state index contributed by atoms with van der Waals surface area (Å²) in [6, 6.07) is 5.50. The van der Waals surface area contributed by atoms with Gasteiger partial charge in [-0.2, -0.15) is 0 Å². The van der Waals surface area contributed by atoms with Gasteiger partial charge in [-0.25, -0.2) is 0 Å². The Morgan fingerprint density at radius 3 is 2.91 bits per heavy atom. The molecule has 22 heavy (non-hydrogen) atoms. The lowest BCUT2D eigenvalue weighted by atomic mass is 9.54. The third-order valence-corrected chi connectivity index (χ3v) is 6.50. The van der Waals surface area contributed by atoms with Gasteiger partial charge >= 0.3 is 0 Å². The standard InChI is InChI=1S/C20H22O2/c1-3-12-4-7-18-16-11-19(22)17-10-13(21)5-6-14(17)15(16)8-9-20(12,18)2/h1,4-6,10,15-16,18-19,21-22H,7-9,11H2,2H3/t15?,16?,18?,19-,20-/m1/s1. The van der Waals surface area contributed by atoms with E-state index in [2.05, 4.69) is 18.9 Å². The van der Waals surface area contributed by atoms with Crippen molar-refractivity contribution in [2.45, 2.75) is 44.6 Å². The number of rotatable bonds is 0. The number of aromatic hydroxyl groups is 1. The van der Waals surface area contributed by atoms with Crippen molar-refractivity contribution in [3.8, 4) is 18.1 Å². The van der Waals surface area contributed by atoms with Crippen LogP contribution in [0.3, 0.4) is 0 Å². The summed E-state index contributed by atoms with van der Waals surface area (Å²) in [6.45, 7) is 2.31. The lowest BCUT2D eigenvalue weighted by Gasteiger charge is -2.50. The van der Waals surface area contributed by atoms with E-state index in [1.54, 1.807) is 12.1 Å². The van der Waals surface area contributed by atoms with Crippen LogP contribution >= 0.6 is 0 Å². The predicted octanol–water partition coefficient (Wildman–Crippen LogP) is 3.91. The Hall–Kier alpha value is -1.72. The summed E-state index contributed by atoms with van der Waals surface area (Å²) in [4.78, 5) is 0. The van der Waals surface area contributed by atoms with E-state index >= 15 is 0 Å². The first kappa shape index (κ1) is 13.9. The fraction of sp³-hybridized carbons (Fsp3) is 0.500. The molecule has 0 heterocycles. The topological polar surface area (TPSA) is 40.5 Å². The highest BCUT2D eigenvalue weighted by Crippen LogP contribution is 2.62. The molecule has 0 spiro atoms. The highest BCUT2D eigenvalue weighted by atomic mass is 16.3. The number of phenolic OH excluding ortho intramolecular Hbond substituents is 1. The molecule has 0 saturated heterocycles. The van der Waals surface area contributed by atoms with Crippen molar-refractivity contribution in [1.29, 1.82) is 0 Å². The smallest absolute Gasteiger partial charge is 0.115 e. The van der Waals surface area contributed by atoms with E-state index in [1.807, 2.05) is 6.07 Å². The molecule has 1 aromatic carbocycles. The van der Waals surface area contributed by atoms with E-state index in [-0.39, 0.29) is 11.2 Å². The van der Waals surface area contributed by atoms with E-state index < -0.39 is 6.10 Å². The van der Waals surface area contributed by atoms with Crippen LogP contribution in [-0.4, -0.2) is 10.2 Å². The molecule has 3 aliphatic rings. The summed E-state index contributed by atoms with van der Waals surface area (Å²) in [5.74, 6) is 4.65. The van der Waals surface area contributed by atoms with Crippen LogP contribution in [0.15, 0.2) is 29.8 Å². The van der Waals surface area contributed by atoms with Gasteiger partial charge in [-0.3, -0.25) is 0 Å². The SMILES string of the molecule is C#CC1=CCC2C3C[C@@H](O)c4cc(O)ccc4C3CC[C@]12C. The number of hydrogen-bond donors (Lipinski definition) is 2. The molecule has 0 aromatic heterocycles. The molecule has 0 bridgehead atoms. The zero-order chi connectivity index (χ0) is 15.5. The maximum Gasteiger partial charge on any atom is 0.115 e. The first-order valence-electron chi connectivity index (χ1n) is 8.22. The summed E-state index contributed by atoms with van der Waals surface area (Å²) < 4.78 is 0. The summed E-state index contributed by atoms with van der Waals surface area (Å²) in [5.41, 5.74) is 3.44. The van der Waals surface area contributed by atoms with E-state index in [0.29, 0.717) is 17.8 Å². The first-order chi connectivity index (χ1) is 10.5. The summed E-state index contributed by atoms with van der Waals surface area (Å²) in [7, 11) is 0. The second-order valence-electron chi connectivity index (χ2n) is 7.40. The quantitative estimate of drug-likeness (QED) is 0.712. The van der Waals surface area contributed by atoms with Crippen LogP contribution in [0.25, 0.3) is 0 Å². The Kier molecular flexibility index (Phi) is 2.93. The molecule has 0 amide bonds. The fourth-order valence-electron chi connectivity index (χ4n) is 5.37. The summed E-state index contributed by atoms with van der Waals surface area (Å²) in [6.07, 6.45) is 11.5. The number of benzene rings is 1. The Balaban J connectivity index is 1.75. The molecule has 0 radical (unpaired) electrons. The average Bonchev–Trinajstić information content (AvgIpc) is 2.84. The van der Waals surface area contributed by atoms with Gasteiger partial charge in [-0.1, -0.05) is 25.0 Å². The molecule has 2 N–H and O–H groups in total. The number of hydrogen-bond acceptors (Lipinski definition) is 2. The largest absolute Gasteiger partial charge is 0.508 e. The monoisotopic (exact) mass is 294 g/mol. The predicted molar refractivity (Wildman–Crippen MR) is 86.3 cm³/mol. The van der Waals surface area contributed by atoms with Crippen LogP contribution in [0.5, 0.6) is 5.75 Å². The van der Waals surface area contributed by atoms with Gasteiger partial charge in [0.15, 0.2) is 0 Å². The minimum Gasteiger partial charge on any atom is -0.508 e. The Bertz CT molecular complexity index is 696. The normalized spacial score (nSPS) is 39.2. The van der Waals surface area contributed by atoms with Crippen LogP contribution in [0.4, 0.5) is 0 Å². The van der Waals surface area contributed by atoms with Gasteiger partial charge in [0.2, 0.25) is 0 Å². The van der Waals surface area contributed by atoms with Gasteiger partial charge in [0.05, 0.1) is 6.10 Å². The number of phenols is 1. The van der Waals surface area contributed by atoms with E-state index in [4.69, 9.17) is 6.42 Å². The molecule has 0 aliphatic heterocycles. The number of allylic oxidation sites excluding steroid dienone is 2. The van der Waals surface area contributed by atoms with E-state index in [9.17, 15) is 10.2 Å². The average molecular weight is 294 g/mol. The lowest BCUT2D eigenvalue weighted by Crippen LogP contribution is -2.41. The Morgan fingerprint density at radius 2 is 2.14 bits per heavy atom. The van der Waals surface area contributed by atoms with Crippen LogP contribution in [0.1, 0.15) is 55.8 Å². The van der Waals surface area contributed by atoms with Gasteiger partial charge in [0.1, 0.15) is 5.75 Å². The molecule has 1 fully saturated rings. The third kappa shape index (κ3) is 1.72. The molecule has 1 aromatic rings. The van der Waals surface area contributed by atoms with Crippen molar-refractivity contribution >= 4 is 0 Å².